The molecule has 1 unspecified atom stereocenters. The van der Waals surface area contributed by atoms with Gasteiger partial charge < -0.3 is 19.9 Å². The van der Waals surface area contributed by atoms with Crippen LogP contribution in [-0.2, 0) is 16.0 Å². The Morgan fingerprint density at radius 3 is 3.08 bits per heavy atom. The molecule has 130 valence electrons. The van der Waals surface area contributed by atoms with E-state index in [4.69, 9.17) is 20.9 Å². The monoisotopic (exact) mass is 372 g/mol. The molecule has 1 fully saturated rings. The van der Waals surface area contributed by atoms with Gasteiger partial charge in [0.15, 0.2) is 0 Å². The van der Waals surface area contributed by atoms with E-state index >= 15 is 0 Å². The lowest BCUT2D eigenvalue weighted by molar-refractivity contribution is -0.134. The minimum atomic E-state index is -0.437. The van der Waals surface area contributed by atoms with Crippen molar-refractivity contribution in [1.82, 2.24) is 20.8 Å². The van der Waals surface area contributed by atoms with Crippen LogP contribution >= 0.6 is 24.0 Å². The van der Waals surface area contributed by atoms with Gasteiger partial charge in [0.25, 0.3) is 0 Å². The minimum Gasteiger partial charge on any atom is -0.366 e. The first-order chi connectivity index (χ1) is 11.2. The zero-order valence-corrected chi connectivity index (χ0v) is 14.4. The van der Waals surface area contributed by atoms with Crippen molar-refractivity contribution in [3.05, 3.63) is 35.2 Å². The molecule has 0 saturated carbocycles. The molecule has 1 saturated heterocycles. The van der Waals surface area contributed by atoms with Crippen molar-refractivity contribution in [2.24, 2.45) is 0 Å². The Balaban J connectivity index is 0.00000208. The summed E-state index contributed by atoms with van der Waals surface area (Å²) in [5.74, 6) is 0.809. The Hall–Kier alpha value is -1.67. The van der Waals surface area contributed by atoms with E-state index in [0.717, 1.165) is 12.1 Å². The smallest absolute Gasteiger partial charge is 0.250 e. The Kier molecular flexibility index (Phi) is 6.99. The summed E-state index contributed by atoms with van der Waals surface area (Å²) in [7, 11) is 0. The first-order valence-electron chi connectivity index (χ1n) is 7.41. The highest BCUT2D eigenvalue weighted by atomic mass is 35.5. The normalized spacial score (nSPS) is 17.1. The van der Waals surface area contributed by atoms with Crippen LogP contribution in [0.2, 0.25) is 5.02 Å². The highest BCUT2D eigenvalue weighted by Gasteiger charge is 2.21. The molecule has 1 aromatic heterocycles. The molecule has 2 aromatic rings. The average Bonchev–Trinajstić information content (AvgIpc) is 3.04. The fraction of sp³-hybridized carbons (Fsp3) is 0.400. The highest BCUT2D eigenvalue weighted by Crippen LogP contribution is 2.19. The Bertz CT molecular complexity index is 674. The maximum absolute atomic E-state index is 11.9. The first kappa shape index (κ1) is 18.7. The lowest BCUT2D eigenvalue weighted by Crippen LogP contribution is -2.48. The van der Waals surface area contributed by atoms with Gasteiger partial charge >= 0.3 is 0 Å². The predicted molar refractivity (Wildman–Crippen MR) is 91.3 cm³/mol. The van der Waals surface area contributed by atoms with Gasteiger partial charge in [0, 0.05) is 36.6 Å². The number of nitrogens with one attached hydrogen (secondary N) is 2. The van der Waals surface area contributed by atoms with Crippen LogP contribution < -0.4 is 10.6 Å². The standard InChI is InChI=1S/C15H17ClN4O3.ClH/c16-11-3-1-2-10(8-11)14-19-13(23-20-14)4-5-18-15(21)12-9-17-6-7-22-12;/h1-3,8,12,17H,4-7,9H2,(H,18,21);1H. The molecule has 1 aromatic carbocycles. The summed E-state index contributed by atoms with van der Waals surface area (Å²) in [6.45, 7) is 2.27. The van der Waals surface area contributed by atoms with Crippen molar-refractivity contribution in [3.8, 4) is 11.4 Å². The first-order valence-corrected chi connectivity index (χ1v) is 7.79. The van der Waals surface area contributed by atoms with E-state index in [-0.39, 0.29) is 18.3 Å². The molecule has 24 heavy (non-hydrogen) atoms. The molecule has 3 rings (SSSR count). The molecule has 2 N–H and O–H groups in total. The van der Waals surface area contributed by atoms with Crippen molar-refractivity contribution in [2.75, 3.05) is 26.2 Å². The number of carbonyl (C=O) groups excluding carboxylic acids is 1. The van der Waals surface area contributed by atoms with E-state index in [2.05, 4.69) is 20.8 Å². The van der Waals surface area contributed by atoms with Crippen molar-refractivity contribution in [2.45, 2.75) is 12.5 Å². The number of benzene rings is 1. The van der Waals surface area contributed by atoms with Crippen LogP contribution in [0, 0.1) is 0 Å². The number of carbonyl (C=O) groups is 1. The number of hydrogen-bond acceptors (Lipinski definition) is 6. The molecular formula is C15H18Cl2N4O3. The van der Waals surface area contributed by atoms with E-state index in [0.29, 0.717) is 42.9 Å². The number of amides is 1. The van der Waals surface area contributed by atoms with Gasteiger partial charge in [-0.25, -0.2) is 0 Å². The number of rotatable bonds is 5. The fourth-order valence-electron chi connectivity index (χ4n) is 2.24. The van der Waals surface area contributed by atoms with E-state index in [9.17, 15) is 4.79 Å². The lowest BCUT2D eigenvalue weighted by Gasteiger charge is -2.22. The van der Waals surface area contributed by atoms with Gasteiger partial charge in [-0.1, -0.05) is 28.9 Å². The van der Waals surface area contributed by atoms with Crippen molar-refractivity contribution in [1.29, 1.82) is 0 Å². The summed E-state index contributed by atoms with van der Waals surface area (Å²) < 4.78 is 10.6. The van der Waals surface area contributed by atoms with Crippen LogP contribution in [0.15, 0.2) is 28.8 Å². The summed E-state index contributed by atoms with van der Waals surface area (Å²) in [5.41, 5.74) is 0.790. The Labute approximate surface area is 150 Å². The van der Waals surface area contributed by atoms with Crippen molar-refractivity contribution in [3.63, 3.8) is 0 Å². The number of aromatic nitrogens is 2. The Morgan fingerprint density at radius 2 is 2.33 bits per heavy atom. The molecule has 0 bridgehead atoms. The third-order valence-electron chi connectivity index (χ3n) is 3.41. The van der Waals surface area contributed by atoms with E-state index in [1.165, 1.54) is 0 Å². The number of morpholine rings is 1. The van der Waals surface area contributed by atoms with Crippen LogP contribution in [0.4, 0.5) is 0 Å². The second-order valence-corrected chi connectivity index (χ2v) is 5.56. The number of hydrogen-bond donors (Lipinski definition) is 2. The van der Waals surface area contributed by atoms with Crippen LogP contribution in [0.25, 0.3) is 11.4 Å². The van der Waals surface area contributed by atoms with Crippen LogP contribution in [-0.4, -0.2) is 48.4 Å². The molecule has 9 heteroatoms. The number of nitrogens with zero attached hydrogens (tertiary/aromatic N) is 2. The van der Waals surface area contributed by atoms with Gasteiger partial charge in [-0.2, -0.15) is 4.98 Å². The second kappa shape index (κ2) is 8.98. The summed E-state index contributed by atoms with van der Waals surface area (Å²) in [5, 5.41) is 10.5. The van der Waals surface area contributed by atoms with Crippen LogP contribution in [0.5, 0.6) is 0 Å². The van der Waals surface area contributed by atoms with Gasteiger partial charge in [0.1, 0.15) is 6.10 Å². The number of halogens is 2. The molecule has 1 aliphatic heterocycles. The van der Waals surface area contributed by atoms with Crippen molar-refractivity contribution >= 4 is 29.9 Å². The summed E-state index contributed by atoms with van der Waals surface area (Å²) >= 11 is 5.94. The van der Waals surface area contributed by atoms with Gasteiger partial charge in [0.2, 0.25) is 17.6 Å². The zero-order valence-electron chi connectivity index (χ0n) is 12.8. The van der Waals surface area contributed by atoms with Gasteiger partial charge in [-0.05, 0) is 12.1 Å². The largest absolute Gasteiger partial charge is 0.366 e. The second-order valence-electron chi connectivity index (χ2n) is 5.13. The minimum absolute atomic E-state index is 0. The summed E-state index contributed by atoms with van der Waals surface area (Å²) in [4.78, 5) is 16.2. The predicted octanol–water partition coefficient (Wildman–Crippen LogP) is 1.46. The molecular weight excluding hydrogens is 355 g/mol. The van der Waals surface area contributed by atoms with Crippen LogP contribution in [0.1, 0.15) is 5.89 Å². The zero-order chi connectivity index (χ0) is 16.1. The molecule has 7 nitrogen and oxygen atoms in total. The molecule has 1 atom stereocenters. The van der Waals surface area contributed by atoms with Gasteiger partial charge in [0.05, 0.1) is 6.61 Å². The van der Waals surface area contributed by atoms with Gasteiger partial charge in [-0.3, -0.25) is 4.79 Å². The van der Waals surface area contributed by atoms with Crippen molar-refractivity contribution < 1.29 is 14.1 Å². The molecule has 1 aliphatic rings. The molecule has 0 aliphatic carbocycles. The SMILES string of the molecule is Cl.O=C(NCCc1nc(-c2cccc(Cl)c2)no1)C1CNCCO1. The molecule has 0 spiro atoms. The average molecular weight is 373 g/mol. The fourth-order valence-corrected chi connectivity index (χ4v) is 2.43. The quantitative estimate of drug-likeness (QED) is 0.825. The Morgan fingerprint density at radius 1 is 1.46 bits per heavy atom. The molecule has 2 heterocycles. The van der Waals surface area contributed by atoms with E-state index < -0.39 is 6.10 Å². The highest BCUT2D eigenvalue weighted by molar-refractivity contribution is 6.30. The third-order valence-corrected chi connectivity index (χ3v) is 3.64. The lowest BCUT2D eigenvalue weighted by atomic mass is 10.2. The molecule has 0 radical (unpaired) electrons. The topological polar surface area (TPSA) is 89.3 Å². The van der Waals surface area contributed by atoms with E-state index in [1.807, 2.05) is 12.1 Å². The summed E-state index contributed by atoms with van der Waals surface area (Å²) in [6.07, 6.45) is 0.0212. The molecule has 1 amide bonds. The number of ether oxygens (including phenoxy) is 1. The summed E-state index contributed by atoms with van der Waals surface area (Å²) in [6, 6.07) is 7.23. The maximum atomic E-state index is 11.9. The van der Waals surface area contributed by atoms with Gasteiger partial charge in [-0.15, -0.1) is 12.4 Å². The van der Waals surface area contributed by atoms with E-state index in [1.54, 1.807) is 12.1 Å². The third kappa shape index (κ3) is 4.91. The van der Waals surface area contributed by atoms with Crippen LogP contribution in [0.3, 0.4) is 0 Å². The maximum Gasteiger partial charge on any atom is 0.250 e.